The van der Waals surface area contributed by atoms with E-state index in [0.29, 0.717) is 11.5 Å². The number of amides is 1. The van der Waals surface area contributed by atoms with Crippen molar-refractivity contribution in [1.82, 2.24) is 9.88 Å². The zero-order valence-corrected chi connectivity index (χ0v) is 12.7. The fourth-order valence-electron chi connectivity index (χ4n) is 2.38. The molecule has 1 atom stereocenters. The minimum Gasteiger partial charge on any atom is -0.381 e. The maximum atomic E-state index is 12.4. The Bertz CT molecular complexity index is 439. The van der Waals surface area contributed by atoms with Gasteiger partial charge in [0, 0.05) is 36.6 Å². The molecule has 1 aliphatic rings. The molecule has 0 aliphatic carbocycles. The lowest BCUT2D eigenvalue weighted by Gasteiger charge is -2.32. The number of piperidine rings is 1. The van der Waals surface area contributed by atoms with Crippen LogP contribution in [0.1, 0.15) is 30.1 Å². The smallest absolute Gasteiger partial charge is 0.255 e. The van der Waals surface area contributed by atoms with E-state index < -0.39 is 0 Å². The van der Waals surface area contributed by atoms with Gasteiger partial charge in [0.1, 0.15) is 0 Å². The Kier molecular flexibility index (Phi) is 5.34. The van der Waals surface area contributed by atoms with Crippen molar-refractivity contribution in [1.29, 1.82) is 0 Å². The summed E-state index contributed by atoms with van der Waals surface area (Å²) in [6.45, 7) is 5.09. The third-order valence-electron chi connectivity index (χ3n) is 3.32. The highest BCUT2D eigenvalue weighted by molar-refractivity contribution is 9.10. The highest BCUT2D eigenvalue weighted by atomic mass is 79.9. The van der Waals surface area contributed by atoms with Gasteiger partial charge in [0.05, 0.1) is 12.2 Å². The second-order valence-electron chi connectivity index (χ2n) is 4.81. The third kappa shape index (κ3) is 4.01. The summed E-state index contributed by atoms with van der Waals surface area (Å²) < 4.78 is 6.30. The summed E-state index contributed by atoms with van der Waals surface area (Å²) in [5, 5.41) is 0. The Balaban J connectivity index is 1.99. The van der Waals surface area contributed by atoms with Crippen molar-refractivity contribution in [2.45, 2.75) is 19.8 Å². The summed E-state index contributed by atoms with van der Waals surface area (Å²) in [5.41, 5.74) is 0.645. The van der Waals surface area contributed by atoms with Crippen LogP contribution in [0.2, 0.25) is 0 Å². The van der Waals surface area contributed by atoms with Gasteiger partial charge in [-0.15, -0.1) is 0 Å². The van der Waals surface area contributed by atoms with Crippen molar-refractivity contribution in [3.63, 3.8) is 0 Å². The van der Waals surface area contributed by atoms with Gasteiger partial charge in [-0.2, -0.15) is 0 Å². The molecule has 1 aliphatic heterocycles. The molecule has 2 rings (SSSR count). The molecule has 19 heavy (non-hydrogen) atoms. The quantitative estimate of drug-likeness (QED) is 0.854. The van der Waals surface area contributed by atoms with E-state index in [1.165, 1.54) is 0 Å². The second kappa shape index (κ2) is 7.01. The van der Waals surface area contributed by atoms with Crippen molar-refractivity contribution in [2.75, 3.05) is 26.3 Å². The van der Waals surface area contributed by atoms with Gasteiger partial charge in [-0.3, -0.25) is 9.78 Å². The number of nitrogens with zero attached hydrogens (tertiary/aromatic N) is 2. The van der Waals surface area contributed by atoms with Crippen LogP contribution >= 0.6 is 15.9 Å². The van der Waals surface area contributed by atoms with Gasteiger partial charge in [-0.25, -0.2) is 0 Å². The van der Waals surface area contributed by atoms with E-state index in [2.05, 4.69) is 20.9 Å². The molecule has 0 bridgehead atoms. The molecule has 0 radical (unpaired) electrons. The van der Waals surface area contributed by atoms with Crippen LogP contribution in [0.3, 0.4) is 0 Å². The first-order chi connectivity index (χ1) is 9.20. The van der Waals surface area contributed by atoms with Gasteiger partial charge >= 0.3 is 0 Å². The SMILES string of the molecule is CCOCC1CCCN(C(=O)c2cncc(Br)c2)C1. The Morgan fingerprint density at radius 3 is 3.16 bits per heavy atom. The van der Waals surface area contributed by atoms with Crippen LogP contribution in [0.4, 0.5) is 0 Å². The molecule has 5 heteroatoms. The molecular weight excluding hydrogens is 308 g/mol. The van der Waals surface area contributed by atoms with Crippen molar-refractivity contribution >= 4 is 21.8 Å². The number of halogens is 1. The molecule has 1 fully saturated rings. The highest BCUT2D eigenvalue weighted by Gasteiger charge is 2.24. The summed E-state index contributed by atoms with van der Waals surface area (Å²) in [4.78, 5) is 18.4. The normalized spacial score (nSPS) is 19.5. The van der Waals surface area contributed by atoms with E-state index in [0.717, 1.165) is 43.6 Å². The summed E-state index contributed by atoms with van der Waals surface area (Å²) in [6.07, 6.45) is 5.50. The average molecular weight is 327 g/mol. The van der Waals surface area contributed by atoms with Crippen LogP contribution in [0.5, 0.6) is 0 Å². The number of hydrogen-bond donors (Lipinski definition) is 0. The van der Waals surface area contributed by atoms with Crippen LogP contribution in [0.25, 0.3) is 0 Å². The molecule has 0 saturated carbocycles. The average Bonchev–Trinajstić information content (AvgIpc) is 2.44. The van der Waals surface area contributed by atoms with E-state index in [4.69, 9.17) is 4.74 Å². The Morgan fingerprint density at radius 1 is 1.58 bits per heavy atom. The van der Waals surface area contributed by atoms with Crippen LogP contribution in [-0.2, 0) is 4.74 Å². The molecule has 0 N–H and O–H groups in total. The van der Waals surface area contributed by atoms with Crippen LogP contribution in [0.15, 0.2) is 22.9 Å². The number of ether oxygens (including phenoxy) is 1. The van der Waals surface area contributed by atoms with E-state index in [1.807, 2.05) is 17.9 Å². The van der Waals surface area contributed by atoms with Crippen LogP contribution in [0, 0.1) is 5.92 Å². The van der Waals surface area contributed by atoms with E-state index in [9.17, 15) is 4.79 Å². The molecule has 4 nitrogen and oxygen atoms in total. The number of rotatable bonds is 4. The number of carbonyl (C=O) groups is 1. The molecule has 1 saturated heterocycles. The molecule has 104 valence electrons. The molecule has 1 unspecified atom stereocenters. The number of aromatic nitrogens is 1. The largest absolute Gasteiger partial charge is 0.381 e. The van der Waals surface area contributed by atoms with Crippen molar-refractivity contribution in [3.8, 4) is 0 Å². The van der Waals surface area contributed by atoms with E-state index in [-0.39, 0.29) is 5.91 Å². The zero-order valence-electron chi connectivity index (χ0n) is 11.1. The number of carbonyl (C=O) groups excluding carboxylic acids is 1. The highest BCUT2D eigenvalue weighted by Crippen LogP contribution is 2.19. The Morgan fingerprint density at radius 2 is 2.42 bits per heavy atom. The second-order valence-corrected chi connectivity index (χ2v) is 5.73. The summed E-state index contributed by atoms with van der Waals surface area (Å²) in [6, 6.07) is 1.82. The molecular formula is C14H19BrN2O2. The predicted molar refractivity (Wildman–Crippen MR) is 77.1 cm³/mol. The van der Waals surface area contributed by atoms with Crippen molar-refractivity contribution in [2.24, 2.45) is 5.92 Å². The maximum absolute atomic E-state index is 12.4. The Labute approximate surface area is 122 Å². The third-order valence-corrected chi connectivity index (χ3v) is 3.75. The Hall–Kier alpha value is -0.940. The summed E-state index contributed by atoms with van der Waals surface area (Å²) in [7, 11) is 0. The number of pyridine rings is 1. The standard InChI is InChI=1S/C14H19BrN2O2/c1-2-19-10-11-4-3-5-17(9-11)14(18)12-6-13(15)8-16-7-12/h6-8,11H,2-5,9-10H2,1H3. The number of hydrogen-bond acceptors (Lipinski definition) is 3. The lowest BCUT2D eigenvalue weighted by atomic mass is 9.98. The van der Waals surface area contributed by atoms with Gasteiger partial charge < -0.3 is 9.64 Å². The monoisotopic (exact) mass is 326 g/mol. The van der Waals surface area contributed by atoms with Gasteiger partial charge in [-0.05, 0) is 47.7 Å². The summed E-state index contributed by atoms with van der Waals surface area (Å²) >= 11 is 3.35. The first-order valence-corrected chi connectivity index (χ1v) is 7.47. The minimum atomic E-state index is 0.0648. The van der Waals surface area contributed by atoms with E-state index >= 15 is 0 Å². The first-order valence-electron chi connectivity index (χ1n) is 6.68. The van der Waals surface area contributed by atoms with Gasteiger partial charge in [0.2, 0.25) is 0 Å². The minimum absolute atomic E-state index is 0.0648. The topological polar surface area (TPSA) is 42.4 Å². The predicted octanol–water partition coefficient (Wildman–Crippen LogP) is 2.73. The van der Waals surface area contributed by atoms with Gasteiger partial charge in [0.25, 0.3) is 5.91 Å². The number of likely N-dealkylation sites (tertiary alicyclic amines) is 1. The molecule has 1 amide bonds. The van der Waals surface area contributed by atoms with Crippen molar-refractivity contribution in [3.05, 3.63) is 28.5 Å². The fourth-order valence-corrected chi connectivity index (χ4v) is 2.75. The fraction of sp³-hybridized carbons (Fsp3) is 0.571. The van der Waals surface area contributed by atoms with Gasteiger partial charge in [0.15, 0.2) is 0 Å². The van der Waals surface area contributed by atoms with Gasteiger partial charge in [-0.1, -0.05) is 0 Å². The molecule has 0 aromatic carbocycles. The van der Waals surface area contributed by atoms with Crippen molar-refractivity contribution < 1.29 is 9.53 Å². The van der Waals surface area contributed by atoms with Crippen LogP contribution < -0.4 is 0 Å². The molecule has 2 heterocycles. The molecule has 1 aromatic heterocycles. The molecule has 0 spiro atoms. The zero-order chi connectivity index (χ0) is 13.7. The van der Waals surface area contributed by atoms with E-state index in [1.54, 1.807) is 12.4 Å². The first kappa shape index (κ1) is 14.5. The van der Waals surface area contributed by atoms with Crippen LogP contribution in [-0.4, -0.2) is 42.1 Å². The summed E-state index contributed by atoms with van der Waals surface area (Å²) in [5.74, 6) is 0.521. The lowest BCUT2D eigenvalue weighted by Crippen LogP contribution is -2.41. The lowest BCUT2D eigenvalue weighted by molar-refractivity contribution is 0.0500. The molecule has 1 aromatic rings. The maximum Gasteiger partial charge on any atom is 0.255 e.